The standard InChI is InChI=1S/C11H17NO2/c1-9(13)12(10(2)14)8-11-6-4-3-5-7-11/h3-7,9-10,13-14H,8H2,1-2H3. The normalized spacial score (nSPS) is 15.5. The molecule has 0 radical (unpaired) electrons. The van der Waals surface area contributed by atoms with Crippen LogP contribution in [0.2, 0.25) is 0 Å². The molecule has 2 unspecified atom stereocenters. The Morgan fingerprint density at radius 3 is 2.00 bits per heavy atom. The molecule has 1 aromatic rings. The minimum Gasteiger partial charge on any atom is -0.379 e. The molecule has 0 spiro atoms. The minimum absolute atomic E-state index is 0.552. The Morgan fingerprint density at radius 1 is 1.07 bits per heavy atom. The molecule has 0 aliphatic heterocycles. The van der Waals surface area contributed by atoms with Crippen molar-refractivity contribution in [3.8, 4) is 0 Å². The predicted octanol–water partition coefficient (Wildman–Crippen LogP) is 1.17. The highest BCUT2D eigenvalue weighted by Gasteiger charge is 2.15. The van der Waals surface area contributed by atoms with Gasteiger partial charge in [-0.25, -0.2) is 4.90 Å². The first-order valence-electron chi connectivity index (χ1n) is 4.77. The van der Waals surface area contributed by atoms with Crippen LogP contribution < -0.4 is 0 Å². The lowest BCUT2D eigenvalue weighted by atomic mass is 10.2. The van der Waals surface area contributed by atoms with Crippen molar-refractivity contribution in [3.63, 3.8) is 0 Å². The summed E-state index contributed by atoms with van der Waals surface area (Å²) in [7, 11) is 0. The van der Waals surface area contributed by atoms with E-state index in [0.29, 0.717) is 6.54 Å². The molecule has 0 heterocycles. The van der Waals surface area contributed by atoms with Gasteiger partial charge in [-0.2, -0.15) is 0 Å². The molecular formula is C11H17NO2. The second-order valence-corrected chi connectivity index (χ2v) is 3.42. The van der Waals surface area contributed by atoms with Crippen molar-refractivity contribution in [1.29, 1.82) is 0 Å². The first kappa shape index (κ1) is 11.2. The first-order chi connectivity index (χ1) is 6.61. The summed E-state index contributed by atoms with van der Waals surface area (Å²) < 4.78 is 0. The highest BCUT2D eigenvalue weighted by molar-refractivity contribution is 5.14. The number of nitrogens with zero attached hydrogens (tertiary/aromatic N) is 1. The van der Waals surface area contributed by atoms with E-state index >= 15 is 0 Å². The zero-order valence-electron chi connectivity index (χ0n) is 8.59. The maximum atomic E-state index is 9.41. The lowest BCUT2D eigenvalue weighted by Gasteiger charge is -2.27. The fourth-order valence-electron chi connectivity index (χ4n) is 1.37. The Hall–Kier alpha value is -0.900. The Morgan fingerprint density at radius 2 is 1.57 bits per heavy atom. The number of aliphatic hydroxyl groups is 2. The van der Waals surface area contributed by atoms with E-state index in [2.05, 4.69) is 0 Å². The predicted molar refractivity (Wildman–Crippen MR) is 55.3 cm³/mol. The summed E-state index contributed by atoms with van der Waals surface area (Å²) >= 11 is 0. The van der Waals surface area contributed by atoms with Crippen molar-refractivity contribution in [2.24, 2.45) is 0 Å². The van der Waals surface area contributed by atoms with Crippen LogP contribution in [0, 0.1) is 0 Å². The Kier molecular flexibility index (Phi) is 4.07. The van der Waals surface area contributed by atoms with E-state index in [-0.39, 0.29) is 0 Å². The molecule has 0 amide bonds. The van der Waals surface area contributed by atoms with Gasteiger partial charge in [0.05, 0.1) is 0 Å². The van der Waals surface area contributed by atoms with Crippen molar-refractivity contribution in [1.82, 2.24) is 4.90 Å². The number of aliphatic hydroxyl groups excluding tert-OH is 2. The molecule has 1 aromatic carbocycles. The largest absolute Gasteiger partial charge is 0.379 e. The molecule has 0 aliphatic carbocycles. The van der Waals surface area contributed by atoms with Gasteiger partial charge in [0, 0.05) is 6.54 Å². The molecular weight excluding hydrogens is 178 g/mol. The van der Waals surface area contributed by atoms with Crippen LogP contribution in [0.3, 0.4) is 0 Å². The lowest BCUT2D eigenvalue weighted by Crippen LogP contribution is -2.39. The third kappa shape index (κ3) is 3.10. The number of hydrogen-bond acceptors (Lipinski definition) is 3. The average Bonchev–Trinajstić information content (AvgIpc) is 2.15. The van der Waals surface area contributed by atoms with Crippen molar-refractivity contribution < 1.29 is 10.2 Å². The molecule has 3 nitrogen and oxygen atoms in total. The van der Waals surface area contributed by atoms with Gasteiger partial charge < -0.3 is 10.2 Å². The lowest BCUT2D eigenvalue weighted by molar-refractivity contribution is -0.0897. The number of rotatable bonds is 4. The minimum atomic E-state index is -0.643. The van der Waals surface area contributed by atoms with Gasteiger partial charge in [0.25, 0.3) is 0 Å². The fourth-order valence-corrected chi connectivity index (χ4v) is 1.37. The van der Waals surface area contributed by atoms with E-state index < -0.39 is 12.5 Å². The molecule has 2 atom stereocenters. The summed E-state index contributed by atoms with van der Waals surface area (Å²) in [4.78, 5) is 1.61. The number of hydrogen-bond donors (Lipinski definition) is 2. The summed E-state index contributed by atoms with van der Waals surface area (Å²) in [6.45, 7) is 3.85. The molecule has 1 rings (SSSR count). The molecule has 0 bridgehead atoms. The second kappa shape index (κ2) is 5.10. The monoisotopic (exact) mass is 195 g/mol. The molecule has 0 aliphatic rings. The first-order valence-corrected chi connectivity index (χ1v) is 4.77. The highest BCUT2D eigenvalue weighted by atomic mass is 16.3. The summed E-state index contributed by atoms with van der Waals surface area (Å²) in [5, 5.41) is 18.8. The van der Waals surface area contributed by atoms with Gasteiger partial charge in [0.15, 0.2) is 0 Å². The van der Waals surface area contributed by atoms with E-state index in [1.165, 1.54) is 0 Å². The van der Waals surface area contributed by atoms with Crippen LogP contribution in [0.4, 0.5) is 0 Å². The van der Waals surface area contributed by atoms with Gasteiger partial charge in [0.1, 0.15) is 12.5 Å². The van der Waals surface area contributed by atoms with Crippen molar-refractivity contribution in [2.75, 3.05) is 0 Å². The van der Waals surface area contributed by atoms with Gasteiger partial charge >= 0.3 is 0 Å². The topological polar surface area (TPSA) is 43.7 Å². The third-order valence-corrected chi connectivity index (χ3v) is 2.17. The molecule has 14 heavy (non-hydrogen) atoms. The zero-order chi connectivity index (χ0) is 10.6. The molecule has 0 saturated carbocycles. The summed E-state index contributed by atoms with van der Waals surface area (Å²) in [5.41, 5.74) is 1.08. The molecule has 0 aromatic heterocycles. The highest BCUT2D eigenvalue weighted by Crippen LogP contribution is 2.09. The van der Waals surface area contributed by atoms with Crippen LogP contribution in [-0.2, 0) is 6.54 Å². The van der Waals surface area contributed by atoms with E-state index in [9.17, 15) is 10.2 Å². The summed E-state index contributed by atoms with van der Waals surface area (Å²) in [6, 6.07) is 9.77. The van der Waals surface area contributed by atoms with E-state index in [1.54, 1.807) is 18.7 Å². The second-order valence-electron chi connectivity index (χ2n) is 3.42. The maximum absolute atomic E-state index is 9.41. The van der Waals surface area contributed by atoms with Crippen LogP contribution in [0.5, 0.6) is 0 Å². The Bertz CT molecular complexity index is 251. The van der Waals surface area contributed by atoms with E-state index in [4.69, 9.17) is 0 Å². The number of benzene rings is 1. The molecule has 0 fully saturated rings. The molecule has 2 N–H and O–H groups in total. The average molecular weight is 195 g/mol. The van der Waals surface area contributed by atoms with E-state index in [0.717, 1.165) is 5.56 Å². The molecule has 78 valence electrons. The quantitative estimate of drug-likeness (QED) is 0.709. The maximum Gasteiger partial charge on any atom is 0.106 e. The fraction of sp³-hybridized carbons (Fsp3) is 0.455. The van der Waals surface area contributed by atoms with Crippen LogP contribution in [0.25, 0.3) is 0 Å². The van der Waals surface area contributed by atoms with E-state index in [1.807, 2.05) is 30.3 Å². The van der Waals surface area contributed by atoms with Gasteiger partial charge in [-0.05, 0) is 19.4 Å². The van der Waals surface area contributed by atoms with Crippen LogP contribution >= 0.6 is 0 Å². The van der Waals surface area contributed by atoms with Gasteiger partial charge in [-0.3, -0.25) is 0 Å². The van der Waals surface area contributed by atoms with Gasteiger partial charge in [-0.1, -0.05) is 30.3 Å². The summed E-state index contributed by atoms with van der Waals surface area (Å²) in [6.07, 6.45) is -1.29. The zero-order valence-corrected chi connectivity index (χ0v) is 8.59. The van der Waals surface area contributed by atoms with Crippen LogP contribution in [0.1, 0.15) is 19.4 Å². The SMILES string of the molecule is CC(O)N(Cc1ccccc1)C(C)O. The van der Waals surface area contributed by atoms with Gasteiger partial charge in [0.2, 0.25) is 0 Å². The van der Waals surface area contributed by atoms with Gasteiger partial charge in [-0.15, -0.1) is 0 Å². The van der Waals surface area contributed by atoms with Crippen molar-refractivity contribution in [3.05, 3.63) is 35.9 Å². The Balaban J connectivity index is 2.65. The van der Waals surface area contributed by atoms with Crippen molar-refractivity contribution in [2.45, 2.75) is 32.8 Å². The molecule has 0 saturated heterocycles. The van der Waals surface area contributed by atoms with Crippen LogP contribution in [-0.4, -0.2) is 27.6 Å². The Labute approximate surface area is 84.6 Å². The van der Waals surface area contributed by atoms with Crippen LogP contribution in [0.15, 0.2) is 30.3 Å². The smallest absolute Gasteiger partial charge is 0.106 e. The third-order valence-electron chi connectivity index (χ3n) is 2.17. The van der Waals surface area contributed by atoms with Crippen molar-refractivity contribution >= 4 is 0 Å². The molecule has 3 heteroatoms. The summed E-state index contributed by atoms with van der Waals surface area (Å²) in [5.74, 6) is 0.